The van der Waals surface area contributed by atoms with Crippen LogP contribution < -0.4 is 5.32 Å². The van der Waals surface area contributed by atoms with Crippen molar-refractivity contribution in [3.8, 4) is 0 Å². The molecule has 0 unspecified atom stereocenters. The van der Waals surface area contributed by atoms with E-state index < -0.39 is 0 Å². The highest BCUT2D eigenvalue weighted by molar-refractivity contribution is 6.30. The lowest BCUT2D eigenvalue weighted by atomic mass is 9.63. The van der Waals surface area contributed by atoms with Crippen molar-refractivity contribution in [2.75, 3.05) is 11.9 Å². The van der Waals surface area contributed by atoms with Crippen LogP contribution in [0.15, 0.2) is 36.4 Å². The summed E-state index contributed by atoms with van der Waals surface area (Å²) < 4.78 is 0. The lowest BCUT2D eigenvalue weighted by molar-refractivity contribution is -0.142. The van der Waals surface area contributed by atoms with Crippen molar-refractivity contribution in [3.05, 3.63) is 41.4 Å². The summed E-state index contributed by atoms with van der Waals surface area (Å²) in [5.74, 6) is 0.224. The molecule has 0 aromatic heterocycles. The Morgan fingerprint density at radius 1 is 1.12 bits per heavy atom. The number of hydrogen-bond acceptors (Lipinski definition) is 3. The van der Waals surface area contributed by atoms with E-state index >= 15 is 0 Å². The highest BCUT2D eigenvalue weighted by Crippen LogP contribution is 2.65. The van der Waals surface area contributed by atoms with Gasteiger partial charge in [-0.25, -0.2) is 0 Å². The Labute approximate surface area is 150 Å². The number of hydrogen-bond donors (Lipinski definition) is 1. The van der Waals surface area contributed by atoms with Crippen LogP contribution in [-0.2, 0) is 14.4 Å². The molecule has 0 radical (unpaired) electrons. The van der Waals surface area contributed by atoms with Crippen LogP contribution in [-0.4, -0.2) is 29.2 Å². The topological polar surface area (TPSA) is 66.5 Å². The summed E-state index contributed by atoms with van der Waals surface area (Å²) in [5.41, 5.74) is 0.553. The van der Waals surface area contributed by atoms with E-state index in [1.807, 2.05) is 0 Å². The Hall–Kier alpha value is -2.14. The number of imide groups is 1. The number of carbonyl (C=O) groups excluding carboxylic acids is 3. The highest BCUT2D eigenvalue weighted by atomic mass is 35.5. The number of nitrogens with zero attached hydrogens (tertiary/aromatic N) is 1. The molecule has 5 nitrogen and oxygen atoms in total. The molecular weight excluding hydrogens is 340 g/mol. The zero-order chi connectivity index (χ0) is 17.3. The second-order valence-corrected chi connectivity index (χ2v) is 7.91. The first-order valence-electron chi connectivity index (χ1n) is 8.63. The maximum atomic E-state index is 12.8. The molecule has 5 aliphatic rings. The number of rotatable bonds is 3. The van der Waals surface area contributed by atoms with Crippen molar-refractivity contribution >= 4 is 35.0 Å². The van der Waals surface area contributed by atoms with E-state index in [4.69, 9.17) is 11.6 Å². The van der Waals surface area contributed by atoms with E-state index in [9.17, 15) is 14.4 Å². The van der Waals surface area contributed by atoms with E-state index in [1.165, 1.54) is 0 Å². The number of halogens is 1. The third kappa shape index (κ3) is 2.18. The predicted octanol–water partition coefficient (Wildman–Crippen LogP) is 2.33. The molecule has 1 saturated heterocycles. The first kappa shape index (κ1) is 15.1. The van der Waals surface area contributed by atoms with Gasteiger partial charge in [0.1, 0.15) is 6.54 Å². The molecule has 25 heavy (non-hydrogen) atoms. The van der Waals surface area contributed by atoms with Crippen LogP contribution >= 0.6 is 11.6 Å². The normalized spacial score (nSPS) is 37.1. The van der Waals surface area contributed by atoms with Gasteiger partial charge in [-0.2, -0.15) is 0 Å². The highest BCUT2D eigenvalue weighted by Gasteiger charge is 2.67. The SMILES string of the molecule is O=C(CN1C(=O)[C@@H]2[C@H]3C=C[C@H]([C@H]4C[C@H]34)[C@@H]2C1=O)Nc1cccc(Cl)c1. The Morgan fingerprint density at radius 2 is 1.76 bits per heavy atom. The number of anilines is 1. The molecule has 1 N–H and O–H groups in total. The van der Waals surface area contributed by atoms with Gasteiger partial charge in [-0.1, -0.05) is 29.8 Å². The zero-order valence-electron chi connectivity index (χ0n) is 13.4. The van der Waals surface area contributed by atoms with E-state index in [0.717, 1.165) is 11.3 Å². The molecule has 6 heteroatoms. The second kappa shape index (κ2) is 5.18. The fraction of sp³-hybridized carbons (Fsp3) is 0.421. The Morgan fingerprint density at radius 3 is 2.36 bits per heavy atom. The number of allylic oxidation sites excluding steroid dienone is 2. The van der Waals surface area contributed by atoms with Crippen molar-refractivity contribution < 1.29 is 14.4 Å². The number of likely N-dealkylation sites (tertiary alicyclic amines) is 1. The van der Waals surface area contributed by atoms with Gasteiger partial charge < -0.3 is 5.32 Å². The summed E-state index contributed by atoms with van der Waals surface area (Å²) >= 11 is 5.91. The van der Waals surface area contributed by atoms with Crippen LogP contribution in [0, 0.1) is 35.5 Å². The Balaban J connectivity index is 1.33. The largest absolute Gasteiger partial charge is 0.324 e. The summed E-state index contributed by atoms with van der Waals surface area (Å²) in [6.07, 6.45) is 5.38. The maximum Gasteiger partial charge on any atom is 0.244 e. The van der Waals surface area contributed by atoms with E-state index in [0.29, 0.717) is 22.5 Å². The van der Waals surface area contributed by atoms with Gasteiger partial charge in [0, 0.05) is 10.7 Å². The average molecular weight is 357 g/mol. The van der Waals surface area contributed by atoms with Crippen LogP contribution in [0.25, 0.3) is 0 Å². The first-order valence-corrected chi connectivity index (χ1v) is 9.01. The summed E-state index contributed by atoms with van der Waals surface area (Å²) in [6.45, 7) is -0.230. The summed E-state index contributed by atoms with van der Waals surface area (Å²) in [5, 5.41) is 3.22. The molecule has 6 atom stereocenters. The molecule has 3 amide bonds. The fourth-order valence-corrected chi connectivity index (χ4v) is 5.28. The van der Waals surface area contributed by atoms with Gasteiger partial charge in [0.2, 0.25) is 17.7 Å². The average Bonchev–Trinajstić information content (AvgIpc) is 3.36. The van der Waals surface area contributed by atoms with Gasteiger partial charge >= 0.3 is 0 Å². The molecule has 2 bridgehead atoms. The third-order valence-corrected chi connectivity index (χ3v) is 6.40. The van der Waals surface area contributed by atoms with E-state index in [-0.39, 0.29) is 47.9 Å². The molecule has 4 aliphatic carbocycles. The molecule has 1 heterocycles. The van der Waals surface area contributed by atoms with Gasteiger partial charge in [0.25, 0.3) is 0 Å². The standard InChI is InChI=1S/C19H17ClN2O3/c20-9-2-1-3-10(6-9)21-15(23)8-22-18(24)16-11-4-5-12(14-7-13(11)14)17(16)19(22)25/h1-6,11-14,16-17H,7-8H2,(H,21,23)/t11-,12+,13-,14-,16+,17-/m1/s1. The number of amides is 3. The lowest BCUT2D eigenvalue weighted by Crippen LogP contribution is -2.40. The van der Waals surface area contributed by atoms with Crippen molar-refractivity contribution in [2.45, 2.75) is 6.42 Å². The third-order valence-electron chi connectivity index (χ3n) is 6.16. The van der Waals surface area contributed by atoms with Gasteiger partial charge in [0.05, 0.1) is 11.8 Å². The minimum atomic E-state index is -0.381. The van der Waals surface area contributed by atoms with E-state index in [1.54, 1.807) is 24.3 Å². The molecular formula is C19H17ClN2O3. The molecule has 128 valence electrons. The number of carbonyl (C=O) groups is 3. The molecule has 1 aromatic rings. The van der Waals surface area contributed by atoms with Crippen LogP contribution in [0.2, 0.25) is 5.02 Å². The van der Waals surface area contributed by atoms with Gasteiger partial charge in [-0.3, -0.25) is 19.3 Å². The Kier molecular flexibility index (Phi) is 3.14. The van der Waals surface area contributed by atoms with Crippen LogP contribution in [0.3, 0.4) is 0 Å². The molecule has 6 rings (SSSR count). The monoisotopic (exact) mass is 356 g/mol. The molecule has 1 aliphatic heterocycles. The number of nitrogens with one attached hydrogen (secondary N) is 1. The molecule has 0 spiro atoms. The summed E-state index contributed by atoms with van der Waals surface area (Å²) in [6, 6.07) is 6.79. The fourth-order valence-electron chi connectivity index (χ4n) is 5.08. The van der Waals surface area contributed by atoms with Crippen LogP contribution in [0.1, 0.15) is 6.42 Å². The van der Waals surface area contributed by atoms with Crippen molar-refractivity contribution in [1.29, 1.82) is 0 Å². The minimum absolute atomic E-state index is 0.178. The predicted molar refractivity (Wildman–Crippen MR) is 91.5 cm³/mol. The lowest BCUT2D eigenvalue weighted by Gasteiger charge is -2.37. The quantitative estimate of drug-likeness (QED) is 0.667. The summed E-state index contributed by atoms with van der Waals surface area (Å²) in [7, 11) is 0. The van der Waals surface area contributed by atoms with Crippen molar-refractivity contribution in [3.63, 3.8) is 0 Å². The molecule has 1 aromatic carbocycles. The Bertz CT molecular complexity index is 800. The van der Waals surface area contributed by atoms with E-state index in [2.05, 4.69) is 17.5 Å². The second-order valence-electron chi connectivity index (χ2n) is 7.48. The van der Waals surface area contributed by atoms with Gasteiger partial charge in [-0.05, 0) is 48.3 Å². The maximum absolute atomic E-state index is 12.8. The smallest absolute Gasteiger partial charge is 0.244 e. The van der Waals surface area contributed by atoms with Crippen LogP contribution in [0.5, 0.6) is 0 Å². The zero-order valence-corrected chi connectivity index (χ0v) is 14.1. The summed E-state index contributed by atoms with van der Waals surface area (Å²) in [4.78, 5) is 39.1. The molecule has 2 saturated carbocycles. The van der Waals surface area contributed by atoms with Gasteiger partial charge in [0.15, 0.2) is 0 Å². The minimum Gasteiger partial charge on any atom is -0.324 e. The van der Waals surface area contributed by atoms with Crippen molar-refractivity contribution in [2.24, 2.45) is 35.5 Å². The molecule has 3 fully saturated rings. The number of benzene rings is 1. The van der Waals surface area contributed by atoms with Gasteiger partial charge in [-0.15, -0.1) is 0 Å². The first-order chi connectivity index (χ1) is 12.0. The van der Waals surface area contributed by atoms with Crippen molar-refractivity contribution in [1.82, 2.24) is 4.90 Å². The van der Waals surface area contributed by atoms with Crippen LogP contribution in [0.4, 0.5) is 5.69 Å².